The number of hydrogen-bond acceptors (Lipinski definition) is 3. The van der Waals surface area contributed by atoms with E-state index >= 15 is 0 Å². The van der Waals surface area contributed by atoms with Gasteiger partial charge in [0.25, 0.3) is 0 Å². The zero-order chi connectivity index (χ0) is 23.0. The van der Waals surface area contributed by atoms with Crippen LogP contribution in [0.2, 0.25) is 0 Å². The Hall–Kier alpha value is -0.630. The van der Waals surface area contributed by atoms with Crippen LogP contribution in [0.5, 0.6) is 0 Å². The van der Waals surface area contributed by atoms with E-state index in [2.05, 4.69) is 139 Å². The van der Waals surface area contributed by atoms with Gasteiger partial charge in [-0.25, -0.2) is 0 Å². The van der Waals surface area contributed by atoms with E-state index in [1.165, 1.54) is 31.4 Å². The summed E-state index contributed by atoms with van der Waals surface area (Å²) in [6.45, 7) is 0. The summed E-state index contributed by atoms with van der Waals surface area (Å²) < 4.78 is 3.35. The van der Waals surface area contributed by atoms with Crippen molar-refractivity contribution in [1.82, 2.24) is 0 Å². The summed E-state index contributed by atoms with van der Waals surface area (Å²) in [5, 5.41) is 0. The molecular weight excluding hydrogens is 660 g/mol. The van der Waals surface area contributed by atoms with Crippen LogP contribution in [-0.2, 0) is 17.3 Å². The minimum Gasteiger partial charge on any atom is -0.121 e. The summed E-state index contributed by atoms with van der Waals surface area (Å²) in [4.78, 5) is 3.87. The zero-order valence-corrected chi connectivity index (χ0v) is 24.8. The number of hydrogen-bond donors (Lipinski definition) is 0. The standard InChI is InChI=1S/C27H21Br3S3/c28-22-1-7-25(8-2-22)31-16-19-13-20(17-32-26-9-3-23(29)4-10-26)15-21(14-19)18-33-27-11-5-24(30)6-12-27/h1-15H,16-18H2. The molecule has 4 aromatic carbocycles. The van der Waals surface area contributed by atoms with Crippen LogP contribution in [0.15, 0.2) is 119 Å². The third-order valence-corrected chi connectivity index (χ3v) is 9.61. The minimum absolute atomic E-state index is 0.967. The second-order valence-corrected chi connectivity index (χ2v) is 13.3. The number of thioether (sulfide) groups is 3. The van der Waals surface area contributed by atoms with E-state index in [-0.39, 0.29) is 0 Å². The van der Waals surface area contributed by atoms with Crippen LogP contribution in [0.3, 0.4) is 0 Å². The van der Waals surface area contributed by atoms with Gasteiger partial charge in [-0.3, -0.25) is 0 Å². The average Bonchev–Trinajstić information content (AvgIpc) is 2.83. The fourth-order valence-corrected chi connectivity index (χ4v) is 6.46. The Labute approximate surface area is 234 Å². The first-order chi connectivity index (χ1) is 16.0. The molecule has 4 aromatic rings. The molecule has 0 aliphatic carbocycles. The fourth-order valence-electron chi connectivity index (χ4n) is 3.18. The van der Waals surface area contributed by atoms with E-state index < -0.39 is 0 Å². The van der Waals surface area contributed by atoms with Crippen LogP contribution in [-0.4, -0.2) is 0 Å². The monoisotopic (exact) mass is 678 g/mol. The Balaban J connectivity index is 1.48. The molecule has 0 amide bonds. The Bertz CT molecular complexity index is 1010. The first kappa shape index (κ1) is 25.5. The Kier molecular flexibility index (Phi) is 9.95. The van der Waals surface area contributed by atoms with Gasteiger partial charge in [0.05, 0.1) is 0 Å². The molecule has 0 atom stereocenters. The smallest absolute Gasteiger partial charge is 0.0232 e. The quantitative estimate of drug-likeness (QED) is 0.162. The molecule has 0 unspecified atom stereocenters. The van der Waals surface area contributed by atoms with Gasteiger partial charge in [-0.2, -0.15) is 0 Å². The van der Waals surface area contributed by atoms with Gasteiger partial charge in [0, 0.05) is 45.4 Å². The lowest BCUT2D eigenvalue weighted by Crippen LogP contribution is -1.92. The van der Waals surface area contributed by atoms with Crippen molar-refractivity contribution in [3.8, 4) is 0 Å². The maximum absolute atomic E-state index is 3.52. The second kappa shape index (κ2) is 12.9. The fraction of sp³-hybridized carbons (Fsp3) is 0.111. The first-order valence-electron chi connectivity index (χ1n) is 10.3. The van der Waals surface area contributed by atoms with Gasteiger partial charge in [0.2, 0.25) is 0 Å². The summed E-state index contributed by atoms with van der Waals surface area (Å²) in [5.41, 5.74) is 4.13. The van der Waals surface area contributed by atoms with Gasteiger partial charge in [-0.1, -0.05) is 66.0 Å². The third-order valence-electron chi connectivity index (χ3n) is 4.77. The van der Waals surface area contributed by atoms with Crippen LogP contribution >= 0.6 is 83.1 Å². The predicted octanol–water partition coefficient (Wildman–Crippen LogP) is 10.9. The van der Waals surface area contributed by atoms with E-state index in [4.69, 9.17) is 0 Å². The molecule has 33 heavy (non-hydrogen) atoms. The first-order valence-corrected chi connectivity index (χ1v) is 15.6. The topological polar surface area (TPSA) is 0 Å². The summed E-state index contributed by atoms with van der Waals surface area (Å²) >= 11 is 16.2. The van der Waals surface area contributed by atoms with E-state index in [0.717, 1.165) is 30.7 Å². The Morgan fingerprint density at radius 1 is 0.394 bits per heavy atom. The van der Waals surface area contributed by atoms with E-state index in [9.17, 15) is 0 Å². The van der Waals surface area contributed by atoms with Crippen molar-refractivity contribution in [1.29, 1.82) is 0 Å². The maximum atomic E-state index is 3.52. The highest BCUT2D eigenvalue weighted by molar-refractivity contribution is 9.11. The van der Waals surface area contributed by atoms with Crippen LogP contribution in [0.4, 0.5) is 0 Å². The van der Waals surface area contributed by atoms with E-state index in [1.807, 2.05) is 35.3 Å². The van der Waals surface area contributed by atoms with Crippen LogP contribution < -0.4 is 0 Å². The SMILES string of the molecule is Brc1ccc(SCc2cc(CSc3ccc(Br)cc3)cc(CSc3ccc(Br)cc3)c2)cc1. The predicted molar refractivity (Wildman–Crippen MR) is 158 cm³/mol. The van der Waals surface area contributed by atoms with Crippen LogP contribution in [0.1, 0.15) is 16.7 Å². The van der Waals surface area contributed by atoms with E-state index in [1.54, 1.807) is 0 Å². The summed E-state index contributed by atoms with van der Waals surface area (Å²) in [7, 11) is 0. The van der Waals surface area contributed by atoms with Crippen LogP contribution in [0.25, 0.3) is 0 Å². The highest BCUT2D eigenvalue weighted by atomic mass is 79.9. The van der Waals surface area contributed by atoms with Gasteiger partial charge in [-0.15, -0.1) is 35.3 Å². The van der Waals surface area contributed by atoms with Crippen molar-refractivity contribution < 1.29 is 0 Å². The second-order valence-electron chi connectivity index (χ2n) is 7.39. The normalized spacial score (nSPS) is 11.0. The lowest BCUT2D eigenvalue weighted by atomic mass is 10.1. The largest absolute Gasteiger partial charge is 0.121 e. The molecule has 0 aliphatic heterocycles. The van der Waals surface area contributed by atoms with Crippen molar-refractivity contribution in [2.24, 2.45) is 0 Å². The van der Waals surface area contributed by atoms with Gasteiger partial charge >= 0.3 is 0 Å². The highest BCUT2D eigenvalue weighted by Crippen LogP contribution is 2.31. The lowest BCUT2D eigenvalue weighted by molar-refractivity contribution is 1.26. The molecule has 6 heteroatoms. The number of halogens is 3. The van der Waals surface area contributed by atoms with Crippen LogP contribution in [0, 0.1) is 0 Å². The van der Waals surface area contributed by atoms with Crippen molar-refractivity contribution in [2.75, 3.05) is 0 Å². The summed E-state index contributed by atoms with van der Waals surface area (Å²) in [6, 6.07) is 32.8. The molecule has 0 N–H and O–H groups in total. The molecule has 0 fully saturated rings. The van der Waals surface area contributed by atoms with E-state index in [0.29, 0.717) is 0 Å². The van der Waals surface area contributed by atoms with Gasteiger partial charge in [0.15, 0.2) is 0 Å². The van der Waals surface area contributed by atoms with Crippen molar-refractivity contribution in [3.63, 3.8) is 0 Å². The molecule has 0 nitrogen and oxygen atoms in total. The van der Waals surface area contributed by atoms with Gasteiger partial charge in [0.1, 0.15) is 0 Å². The molecule has 0 spiro atoms. The Morgan fingerprint density at radius 3 is 0.879 bits per heavy atom. The third kappa shape index (κ3) is 8.52. The molecular formula is C27H21Br3S3. The van der Waals surface area contributed by atoms with Crippen molar-refractivity contribution in [2.45, 2.75) is 31.9 Å². The number of benzene rings is 4. The molecule has 0 saturated heterocycles. The zero-order valence-electron chi connectivity index (χ0n) is 17.6. The Morgan fingerprint density at radius 2 is 0.636 bits per heavy atom. The molecule has 4 rings (SSSR count). The molecule has 0 aliphatic rings. The molecule has 0 saturated carbocycles. The van der Waals surface area contributed by atoms with Crippen molar-refractivity contribution in [3.05, 3.63) is 121 Å². The van der Waals surface area contributed by atoms with Crippen molar-refractivity contribution >= 4 is 83.1 Å². The number of rotatable bonds is 9. The molecule has 0 heterocycles. The minimum atomic E-state index is 0.967. The molecule has 0 aromatic heterocycles. The molecule has 0 bridgehead atoms. The highest BCUT2D eigenvalue weighted by Gasteiger charge is 2.06. The van der Waals surface area contributed by atoms with Gasteiger partial charge in [-0.05, 0) is 89.5 Å². The summed E-state index contributed by atoms with van der Waals surface area (Å²) in [6.07, 6.45) is 0. The molecule has 0 radical (unpaired) electrons. The summed E-state index contributed by atoms with van der Waals surface area (Å²) in [5.74, 6) is 2.90. The van der Waals surface area contributed by atoms with Gasteiger partial charge < -0.3 is 0 Å². The average molecular weight is 681 g/mol. The molecule has 168 valence electrons. The lowest BCUT2D eigenvalue weighted by Gasteiger charge is -2.11. The maximum Gasteiger partial charge on any atom is 0.0232 e.